The molecule has 0 N–H and O–H groups in total. The monoisotopic (exact) mass is 406 g/mol. The summed E-state index contributed by atoms with van der Waals surface area (Å²) in [6, 6.07) is 5.73. The van der Waals surface area contributed by atoms with Crippen molar-refractivity contribution < 1.29 is 28.2 Å². The lowest BCUT2D eigenvalue weighted by Gasteiger charge is -2.61. The fraction of sp³-hybridized carbons (Fsp3) is 0.619. The Kier molecular flexibility index (Phi) is 5.74. The van der Waals surface area contributed by atoms with Gasteiger partial charge in [0.1, 0.15) is 11.6 Å². The molecule has 3 heterocycles. The molecule has 1 aromatic rings. The Labute approximate surface area is 169 Å². The fourth-order valence-corrected chi connectivity index (χ4v) is 4.87. The summed E-state index contributed by atoms with van der Waals surface area (Å²) in [6.07, 6.45) is 2.69. The van der Waals surface area contributed by atoms with Crippen molar-refractivity contribution in [3.8, 4) is 5.75 Å². The Hall–Kier alpha value is -2.19. The number of carbonyl (C=O) groups excluding carboxylic acids is 2. The third-order valence-corrected chi connectivity index (χ3v) is 6.38. The Balaban J connectivity index is 1.31. The smallest absolute Gasteiger partial charge is 0.260 e. The van der Waals surface area contributed by atoms with Crippen molar-refractivity contribution in [3.63, 3.8) is 0 Å². The van der Waals surface area contributed by atoms with E-state index in [1.165, 1.54) is 24.3 Å². The summed E-state index contributed by atoms with van der Waals surface area (Å²) >= 11 is 0. The predicted molar refractivity (Wildman–Crippen MR) is 102 cm³/mol. The van der Waals surface area contributed by atoms with Gasteiger partial charge < -0.3 is 24.0 Å². The average Bonchev–Trinajstić information content (AvgIpc) is 2.75. The summed E-state index contributed by atoms with van der Waals surface area (Å²) in [4.78, 5) is 29.0. The lowest BCUT2D eigenvalue weighted by molar-refractivity contribution is -0.213. The number of nitrogens with zero attached hydrogens (tertiary/aromatic N) is 2. The topological polar surface area (TPSA) is 68.3 Å². The van der Waals surface area contributed by atoms with Gasteiger partial charge in [0.25, 0.3) is 11.8 Å². The van der Waals surface area contributed by atoms with E-state index in [4.69, 9.17) is 14.2 Å². The zero-order chi connectivity index (χ0) is 20.4. The number of rotatable bonds is 5. The van der Waals surface area contributed by atoms with E-state index < -0.39 is 0 Å². The van der Waals surface area contributed by atoms with Crippen LogP contribution in [0.15, 0.2) is 24.3 Å². The minimum Gasteiger partial charge on any atom is -0.484 e. The molecule has 2 amide bonds. The van der Waals surface area contributed by atoms with E-state index in [9.17, 15) is 14.0 Å². The first kappa shape index (κ1) is 20.1. The second-order valence-corrected chi connectivity index (χ2v) is 7.89. The number of ether oxygens (including phenoxy) is 3. The van der Waals surface area contributed by atoms with Crippen LogP contribution < -0.4 is 4.74 Å². The third-order valence-electron chi connectivity index (χ3n) is 6.38. The van der Waals surface area contributed by atoms with E-state index in [-0.39, 0.29) is 41.9 Å². The van der Waals surface area contributed by atoms with Gasteiger partial charge in [-0.05, 0) is 49.9 Å². The highest BCUT2D eigenvalue weighted by atomic mass is 19.1. The van der Waals surface area contributed by atoms with Crippen LogP contribution in [0, 0.1) is 5.82 Å². The number of piperidine rings is 1. The largest absolute Gasteiger partial charge is 0.484 e. The van der Waals surface area contributed by atoms with Gasteiger partial charge in [-0.3, -0.25) is 9.59 Å². The Morgan fingerprint density at radius 3 is 2.48 bits per heavy atom. The number of amides is 2. The van der Waals surface area contributed by atoms with Crippen LogP contribution in [0.2, 0.25) is 0 Å². The van der Waals surface area contributed by atoms with Crippen molar-refractivity contribution >= 4 is 11.8 Å². The van der Waals surface area contributed by atoms with Gasteiger partial charge in [-0.1, -0.05) is 0 Å². The summed E-state index contributed by atoms with van der Waals surface area (Å²) in [5, 5.41) is 0. The minimum absolute atomic E-state index is 0.0545. The quantitative estimate of drug-likeness (QED) is 0.695. The van der Waals surface area contributed by atoms with Crippen molar-refractivity contribution in [3.05, 3.63) is 30.1 Å². The number of β-lactam (4-membered cyclic amide) rings is 1. The number of methoxy groups -OCH3 is 1. The van der Waals surface area contributed by atoms with Gasteiger partial charge in [-0.2, -0.15) is 0 Å². The maximum atomic E-state index is 12.9. The molecule has 1 spiro atoms. The van der Waals surface area contributed by atoms with Crippen LogP contribution in [0.5, 0.6) is 5.75 Å². The second kappa shape index (κ2) is 8.28. The van der Waals surface area contributed by atoms with Crippen LogP contribution in [0.1, 0.15) is 25.7 Å². The van der Waals surface area contributed by atoms with Crippen molar-refractivity contribution in [1.29, 1.82) is 0 Å². The standard InChI is InChI=1S/C21H27FN2O5/c1-27-19-20(26)24(21(19)8-12-28-13-9-21)16-6-10-23(11-7-16)18(25)14-29-17-4-2-15(22)3-5-17/h2-5,16,19H,6-14H2,1H3. The summed E-state index contributed by atoms with van der Waals surface area (Å²) in [5.74, 6) is 0.0780. The van der Waals surface area contributed by atoms with Gasteiger partial charge in [-0.15, -0.1) is 0 Å². The normalized spacial score (nSPS) is 24.5. The Morgan fingerprint density at radius 1 is 1.21 bits per heavy atom. The zero-order valence-electron chi connectivity index (χ0n) is 16.6. The molecular weight excluding hydrogens is 379 g/mol. The van der Waals surface area contributed by atoms with Gasteiger partial charge in [0.15, 0.2) is 12.7 Å². The fourth-order valence-electron chi connectivity index (χ4n) is 4.87. The third kappa shape index (κ3) is 3.71. The summed E-state index contributed by atoms with van der Waals surface area (Å²) < 4.78 is 29.4. The number of carbonyl (C=O) groups is 2. The van der Waals surface area contributed by atoms with Crippen molar-refractivity contribution in [2.75, 3.05) is 40.0 Å². The molecule has 7 nitrogen and oxygen atoms in total. The molecule has 0 bridgehead atoms. The molecule has 29 heavy (non-hydrogen) atoms. The molecule has 3 saturated heterocycles. The SMILES string of the molecule is COC1C(=O)N(C2CCN(C(=O)COc3ccc(F)cc3)CC2)C12CCOCC2. The molecule has 0 aliphatic carbocycles. The minimum atomic E-state index is -0.379. The molecule has 4 rings (SSSR count). The van der Waals surface area contributed by atoms with Crippen LogP contribution in [-0.4, -0.2) is 79.3 Å². The number of hydrogen-bond donors (Lipinski definition) is 0. The van der Waals surface area contributed by atoms with Crippen molar-refractivity contribution in [1.82, 2.24) is 9.80 Å². The zero-order valence-corrected chi connectivity index (χ0v) is 16.6. The molecular formula is C21H27FN2O5. The van der Waals surface area contributed by atoms with Crippen LogP contribution in [0.25, 0.3) is 0 Å². The van der Waals surface area contributed by atoms with E-state index in [0.29, 0.717) is 32.1 Å². The van der Waals surface area contributed by atoms with Crippen molar-refractivity contribution in [2.45, 2.75) is 43.4 Å². The number of hydrogen-bond acceptors (Lipinski definition) is 5. The number of halogens is 1. The molecule has 1 aromatic carbocycles. The predicted octanol–water partition coefficient (Wildman–Crippen LogP) is 1.60. The highest BCUT2D eigenvalue weighted by Gasteiger charge is 2.62. The Morgan fingerprint density at radius 2 is 1.86 bits per heavy atom. The van der Waals surface area contributed by atoms with Gasteiger partial charge in [0, 0.05) is 39.5 Å². The molecule has 0 radical (unpaired) electrons. The van der Waals surface area contributed by atoms with E-state index in [2.05, 4.69) is 0 Å². The van der Waals surface area contributed by atoms with Gasteiger partial charge >= 0.3 is 0 Å². The summed E-state index contributed by atoms with van der Waals surface area (Å²) in [7, 11) is 1.60. The highest BCUT2D eigenvalue weighted by molar-refractivity contribution is 5.91. The molecule has 3 fully saturated rings. The van der Waals surface area contributed by atoms with Crippen molar-refractivity contribution in [2.24, 2.45) is 0 Å². The molecule has 0 aromatic heterocycles. The van der Waals surface area contributed by atoms with Crippen LogP contribution >= 0.6 is 0 Å². The summed E-state index contributed by atoms with van der Waals surface area (Å²) in [5.41, 5.74) is -0.257. The molecule has 1 unspecified atom stereocenters. The van der Waals surface area contributed by atoms with E-state index in [1.54, 1.807) is 12.0 Å². The van der Waals surface area contributed by atoms with E-state index in [0.717, 1.165) is 25.7 Å². The first-order valence-corrected chi connectivity index (χ1v) is 10.1. The highest BCUT2D eigenvalue weighted by Crippen LogP contribution is 2.45. The van der Waals surface area contributed by atoms with Gasteiger partial charge in [0.05, 0.1) is 5.54 Å². The first-order chi connectivity index (χ1) is 14.0. The molecule has 158 valence electrons. The first-order valence-electron chi connectivity index (χ1n) is 10.1. The molecule has 1 atom stereocenters. The molecule has 3 aliphatic heterocycles. The molecule has 8 heteroatoms. The van der Waals surface area contributed by atoms with E-state index >= 15 is 0 Å². The van der Waals surface area contributed by atoms with Crippen LogP contribution in [-0.2, 0) is 19.1 Å². The van der Waals surface area contributed by atoms with E-state index in [1.807, 2.05) is 4.90 Å². The Bertz CT molecular complexity index is 742. The lowest BCUT2D eigenvalue weighted by atomic mass is 9.72. The average molecular weight is 406 g/mol. The molecule has 3 aliphatic rings. The summed E-state index contributed by atoms with van der Waals surface area (Å²) in [6.45, 7) is 2.38. The van der Waals surface area contributed by atoms with Gasteiger partial charge in [-0.25, -0.2) is 4.39 Å². The van der Waals surface area contributed by atoms with Crippen LogP contribution in [0.4, 0.5) is 4.39 Å². The number of likely N-dealkylation sites (tertiary alicyclic amines) is 2. The lowest BCUT2D eigenvalue weighted by Crippen LogP contribution is -2.79. The molecule has 0 saturated carbocycles. The van der Waals surface area contributed by atoms with Gasteiger partial charge in [0.2, 0.25) is 0 Å². The number of benzene rings is 1. The maximum absolute atomic E-state index is 12.9. The van der Waals surface area contributed by atoms with Crippen LogP contribution in [0.3, 0.4) is 0 Å². The maximum Gasteiger partial charge on any atom is 0.260 e. The second-order valence-electron chi connectivity index (χ2n) is 7.89.